The van der Waals surface area contributed by atoms with Crippen LogP contribution in [0.2, 0.25) is 0 Å². The van der Waals surface area contributed by atoms with Crippen molar-refractivity contribution < 1.29 is 19.8 Å². The number of carboxylic acid groups (broad SMARTS) is 1. The number of ketones is 1. The molecule has 0 saturated carbocycles. The molecule has 0 radical (unpaired) electrons. The minimum Gasteiger partial charge on any atom is -0.481 e. The molecule has 0 fully saturated rings. The predicted octanol–water partition coefficient (Wildman–Crippen LogP) is 4.03. The van der Waals surface area contributed by atoms with Crippen LogP contribution in [0.15, 0.2) is 24.3 Å². The fraction of sp³-hybridized carbons (Fsp3) is 0.667. The molecule has 126 valence electrons. The van der Waals surface area contributed by atoms with Gasteiger partial charge in [-0.25, -0.2) is 0 Å². The number of rotatable bonds is 14. The van der Waals surface area contributed by atoms with Gasteiger partial charge in [-0.3, -0.25) is 9.59 Å². The van der Waals surface area contributed by atoms with Gasteiger partial charge in [0.25, 0.3) is 0 Å². The van der Waals surface area contributed by atoms with Gasteiger partial charge in [-0.2, -0.15) is 0 Å². The van der Waals surface area contributed by atoms with Crippen molar-refractivity contribution in [2.75, 3.05) is 0 Å². The van der Waals surface area contributed by atoms with E-state index in [0.717, 1.165) is 32.1 Å². The normalized spacial score (nSPS) is 13.0. The van der Waals surface area contributed by atoms with Crippen molar-refractivity contribution in [1.29, 1.82) is 0 Å². The molecule has 0 amide bonds. The van der Waals surface area contributed by atoms with Gasteiger partial charge in [0.2, 0.25) is 0 Å². The molecular weight excluding hydrogens is 280 g/mol. The zero-order valence-electron chi connectivity index (χ0n) is 13.7. The van der Waals surface area contributed by atoms with Crippen LogP contribution in [0.3, 0.4) is 0 Å². The fourth-order valence-electron chi connectivity index (χ4n) is 2.07. The highest BCUT2D eigenvalue weighted by atomic mass is 16.4. The van der Waals surface area contributed by atoms with Crippen LogP contribution in [0.4, 0.5) is 0 Å². The van der Waals surface area contributed by atoms with Crippen LogP contribution in [0.5, 0.6) is 0 Å². The molecule has 0 aromatic carbocycles. The molecule has 0 aliphatic carbocycles. The topological polar surface area (TPSA) is 74.6 Å². The van der Waals surface area contributed by atoms with Gasteiger partial charge in [0.1, 0.15) is 0 Å². The van der Waals surface area contributed by atoms with Crippen molar-refractivity contribution >= 4 is 11.8 Å². The van der Waals surface area contributed by atoms with E-state index in [1.165, 1.54) is 18.9 Å². The molecule has 22 heavy (non-hydrogen) atoms. The first-order valence-corrected chi connectivity index (χ1v) is 8.33. The molecule has 1 atom stereocenters. The Bertz CT molecular complexity index is 358. The molecule has 0 rings (SSSR count). The van der Waals surface area contributed by atoms with E-state index in [2.05, 4.69) is 6.92 Å². The van der Waals surface area contributed by atoms with E-state index in [-0.39, 0.29) is 12.2 Å². The van der Waals surface area contributed by atoms with Crippen molar-refractivity contribution in [2.24, 2.45) is 0 Å². The van der Waals surface area contributed by atoms with Gasteiger partial charge < -0.3 is 10.2 Å². The first kappa shape index (κ1) is 20.6. The van der Waals surface area contributed by atoms with Crippen LogP contribution in [-0.2, 0) is 9.59 Å². The number of carboxylic acids is 1. The minimum absolute atomic E-state index is 0.0393. The van der Waals surface area contributed by atoms with Crippen molar-refractivity contribution in [2.45, 2.75) is 77.2 Å². The van der Waals surface area contributed by atoms with Crippen molar-refractivity contribution in [3.05, 3.63) is 24.3 Å². The Balaban J connectivity index is 3.66. The zero-order chi connectivity index (χ0) is 16.6. The van der Waals surface area contributed by atoms with Gasteiger partial charge in [-0.05, 0) is 25.3 Å². The summed E-state index contributed by atoms with van der Waals surface area (Å²) < 4.78 is 0. The molecule has 0 spiro atoms. The maximum Gasteiger partial charge on any atom is 0.303 e. The number of aliphatic carboxylic acids is 1. The number of carbonyl (C=O) groups excluding carboxylic acids is 1. The minimum atomic E-state index is -0.787. The standard InChI is InChI=1S/C18H30O4/c1-2-3-4-6-11-16(19)13-9-10-14-17(20)12-7-5-8-15-18(21)22/h9-10,13-14,16,19H,2-8,11-12,15H2,1H3,(H,21,22)/b13-9+,14-10+. The van der Waals surface area contributed by atoms with E-state index in [1.54, 1.807) is 18.2 Å². The van der Waals surface area contributed by atoms with Crippen LogP contribution in [0.25, 0.3) is 0 Å². The molecule has 4 heteroatoms. The van der Waals surface area contributed by atoms with Crippen molar-refractivity contribution in [3.63, 3.8) is 0 Å². The Morgan fingerprint density at radius 1 is 0.955 bits per heavy atom. The molecule has 0 saturated heterocycles. The second-order valence-electron chi connectivity index (χ2n) is 5.58. The van der Waals surface area contributed by atoms with E-state index in [0.29, 0.717) is 12.8 Å². The summed E-state index contributed by atoms with van der Waals surface area (Å²) in [5.41, 5.74) is 0. The van der Waals surface area contributed by atoms with Gasteiger partial charge in [0.05, 0.1) is 6.10 Å². The summed E-state index contributed by atoms with van der Waals surface area (Å²) in [6.45, 7) is 2.16. The molecule has 0 aromatic rings. The first-order valence-electron chi connectivity index (χ1n) is 8.33. The average molecular weight is 310 g/mol. The first-order chi connectivity index (χ1) is 10.6. The fourth-order valence-corrected chi connectivity index (χ4v) is 2.07. The Hall–Kier alpha value is -1.42. The van der Waals surface area contributed by atoms with E-state index in [9.17, 15) is 14.7 Å². The lowest BCUT2D eigenvalue weighted by Crippen LogP contribution is -2.01. The summed E-state index contributed by atoms with van der Waals surface area (Å²) >= 11 is 0. The largest absolute Gasteiger partial charge is 0.481 e. The van der Waals surface area contributed by atoms with Gasteiger partial charge in [0, 0.05) is 12.8 Å². The smallest absolute Gasteiger partial charge is 0.303 e. The van der Waals surface area contributed by atoms with Gasteiger partial charge >= 0.3 is 5.97 Å². The lowest BCUT2D eigenvalue weighted by atomic mass is 10.1. The van der Waals surface area contributed by atoms with E-state index in [1.807, 2.05) is 0 Å². The quantitative estimate of drug-likeness (QED) is 0.288. The van der Waals surface area contributed by atoms with E-state index < -0.39 is 12.1 Å². The van der Waals surface area contributed by atoms with Gasteiger partial charge in [-0.1, -0.05) is 57.3 Å². The Morgan fingerprint density at radius 3 is 2.32 bits per heavy atom. The summed E-state index contributed by atoms with van der Waals surface area (Å²) in [7, 11) is 0. The summed E-state index contributed by atoms with van der Waals surface area (Å²) in [6.07, 6.45) is 14.2. The molecule has 0 bridgehead atoms. The zero-order valence-corrected chi connectivity index (χ0v) is 13.7. The van der Waals surface area contributed by atoms with Crippen molar-refractivity contribution in [1.82, 2.24) is 0 Å². The predicted molar refractivity (Wildman–Crippen MR) is 88.8 cm³/mol. The molecule has 1 unspecified atom stereocenters. The van der Waals surface area contributed by atoms with E-state index >= 15 is 0 Å². The van der Waals surface area contributed by atoms with Crippen LogP contribution in [0.1, 0.15) is 71.1 Å². The lowest BCUT2D eigenvalue weighted by molar-refractivity contribution is -0.137. The number of hydrogen-bond acceptors (Lipinski definition) is 3. The summed E-state index contributed by atoms with van der Waals surface area (Å²) in [5.74, 6) is -0.748. The highest BCUT2D eigenvalue weighted by Gasteiger charge is 2.00. The molecule has 0 aliphatic heterocycles. The van der Waals surface area contributed by atoms with Crippen LogP contribution >= 0.6 is 0 Å². The second kappa shape index (κ2) is 14.5. The molecule has 0 heterocycles. The highest BCUT2D eigenvalue weighted by molar-refractivity contribution is 5.89. The molecule has 0 aromatic heterocycles. The number of hydrogen-bond donors (Lipinski definition) is 2. The molecule has 4 nitrogen and oxygen atoms in total. The molecular formula is C18H30O4. The third kappa shape index (κ3) is 15.0. The average Bonchev–Trinajstić information content (AvgIpc) is 2.47. The molecule has 0 aliphatic rings. The third-order valence-corrected chi connectivity index (χ3v) is 3.39. The Kier molecular flexibility index (Phi) is 13.6. The Labute approximate surface area is 133 Å². The SMILES string of the molecule is CCCCCCC(O)/C=C/C=C/C(=O)CCCCCC(=O)O. The maximum atomic E-state index is 11.5. The summed E-state index contributed by atoms with van der Waals surface area (Å²) in [6, 6.07) is 0. The monoisotopic (exact) mass is 310 g/mol. The third-order valence-electron chi connectivity index (χ3n) is 3.39. The number of aliphatic hydroxyl groups excluding tert-OH is 1. The summed E-state index contributed by atoms with van der Waals surface area (Å²) in [4.78, 5) is 21.8. The number of unbranched alkanes of at least 4 members (excludes halogenated alkanes) is 5. The molecule has 2 N–H and O–H groups in total. The summed E-state index contributed by atoms with van der Waals surface area (Å²) in [5, 5.41) is 18.2. The Morgan fingerprint density at radius 2 is 1.64 bits per heavy atom. The van der Waals surface area contributed by atoms with Crippen LogP contribution in [-0.4, -0.2) is 28.1 Å². The van der Waals surface area contributed by atoms with Crippen LogP contribution in [0, 0.1) is 0 Å². The number of allylic oxidation sites excluding steroid dienone is 3. The highest BCUT2D eigenvalue weighted by Crippen LogP contribution is 2.07. The maximum absolute atomic E-state index is 11.5. The number of carbonyl (C=O) groups is 2. The van der Waals surface area contributed by atoms with Crippen LogP contribution < -0.4 is 0 Å². The van der Waals surface area contributed by atoms with Gasteiger partial charge in [-0.15, -0.1) is 0 Å². The van der Waals surface area contributed by atoms with E-state index in [4.69, 9.17) is 5.11 Å². The second-order valence-corrected chi connectivity index (χ2v) is 5.58. The number of aliphatic hydroxyl groups is 1. The lowest BCUT2D eigenvalue weighted by Gasteiger charge is -2.03. The van der Waals surface area contributed by atoms with Crippen molar-refractivity contribution in [3.8, 4) is 0 Å². The van der Waals surface area contributed by atoms with Gasteiger partial charge in [0.15, 0.2) is 5.78 Å².